The number of nitrogens with zero attached hydrogens (tertiary/aromatic N) is 3. The van der Waals surface area contributed by atoms with Gasteiger partial charge < -0.3 is 0 Å². The van der Waals surface area contributed by atoms with Crippen LogP contribution in [-0.2, 0) is 4.57 Å². The third-order valence-electron chi connectivity index (χ3n) is 2.76. The average Bonchev–Trinajstić information content (AvgIpc) is 2.61. The lowest BCUT2D eigenvalue weighted by Gasteiger charge is -2.21. The zero-order valence-electron chi connectivity index (χ0n) is 13.0. The van der Waals surface area contributed by atoms with Crippen molar-refractivity contribution >= 4 is 71.7 Å². The minimum atomic E-state index is -3.30. The summed E-state index contributed by atoms with van der Waals surface area (Å²) in [5.74, 6) is -1.79. The number of halogens is 2. The first-order chi connectivity index (χ1) is 12.1. The van der Waals surface area contributed by atoms with E-state index in [2.05, 4.69) is 9.97 Å². The highest BCUT2D eigenvalue weighted by Crippen LogP contribution is 2.59. The second kappa shape index (κ2) is 12.0. The molecule has 0 saturated carbocycles. The normalized spacial score (nSPS) is 11.8. The summed E-state index contributed by atoms with van der Waals surface area (Å²) in [6.07, 6.45) is 3.52. The van der Waals surface area contributed by atoms with Crippen LogP contribution in [0.25, 0.3) is 0 Å². The predicted molar refractivity (Wildman–Crippen MR) is 116 cm³/mol. The molecule has 2 aromatic heterocycles. The molecule has 0 N–H and O–H groups in total. The van der Waals surface area contributed by atoms with Gasteiger partial charge >= 0.3 is 6.00 Å². The van der Waals surface area contributed by atoms with E-state index < -0.39 is 6.00 Å². The first kappa shape index (κ1) is 21.8. The highest BCUT2D eigenvalue weighted by molar-refractivity contribution is 8.77. The Balaban J connectivity index is 1.68. The molecule has 25 heavy (non-hydrogen) atoms. The monoisotopic (exact) mass is 471 g/mol. The Hall–Kier alpha value is 0.470. The van der Waals surface area contributed by atoms with Gasteiger partial charge in [0.1, 0.15) is 10.1 Å². The van der Waals surface area contributed by atoms with Crippen molar-refractivity contribution in [3.05, 3.63) is 48.8 Å². The molecule has 0 unspecified atom stereocenters. The fourth-order valence-corrected chi connectivity index (χ4v) is 7.21. The molecule has 11 heteroatoms. The van der Waals surface area contributed by atoms with Gasteiger partial charge in [0.2, 0.25) is 0 Å². The maximum atomic E-state index is 12.0. The van der Waals surface area contributed by atoms with E-state index in [0.29, 0.717) is 13.1 Å². The molecule has 0 aliphatic heterocycles. The molecule has 0 aliphatic carbocycles. The van der Waals surface area contributed by atoms with Crippen LogP contribution >= 0.6 is 71.7 Å². The van der Waals surface area contributed by atoms with Gasteiger partial charge in [0.15, 0.2) is 0 Å². The summed E-state index contributed by atoms with van der Waals surface area (Å²) in [7, 11) is 6.45. The molecule has 2 aromatic rings. The molecule has 0 amide bonds. The van der Waals surface area contributed by atoms with Crippen molar-refractivity contribution in [1.29, 1.82) is 0 Å². The maximum Gasteiger partial charge on any atom is 0.322 e. The highest BCUT2D eigenvalue weighted by Gasteiger charge is 2.24. The van der Waals surface area contributed by atoms with E-state index in [9.17, 15) is 4.57 Å². The highest BCUT2D eigenvalue weighted by atomic mass is 35.9. The smallest absolute Gasteiger partial charge is 0.271 e. The van der Waals surface area contributed by atoms with Gasteiger partial charge in [-0.05, 0) is 68.3 Å². The second-order valence-corrected chi connectivity index (χ2v) is 14.1. The minimum Gasteiger partial charge on any atom is -0.271 e. The van der Waals surface area contributed by atoms with Gasteiger partial charge in [-0.2, -0.15) is 0 Å². The van der Waals surface area contributed by atoms with Crippen LogP contribution in [0.4, 0.5) is 0 Å². The van der Waals surface area contributed by atoms with Crippen LogP contribution in [0.2, 0.25) is 0 Å². The number of hydrogen-bond donors (Lipinski definition) is 0. The zero-order valence-corrected chi connectivity index (χ0v) is 18.7. The molecule has 0 saturated heterocycles. The Morgan fingerprint density at radius 3 is 1.72 bits per heavy atom. The van der Waals surface area contributed by atoms with Crippen molar-refractivity contribution in [2.24, 2.45) is 0 Å². The predicted octanol–water partition coefficient (Wildman–Crippen LogP) is 6.55. The zero-order chi connectivity index (χ0) is 18.0. The Bertz CT molecular complexity index is 618. The summed E-state index contributed by atoms with van der Waals surface area (Å²) in [5.41, 5.74) is 0. The molecule has 0 aliphatic rings. The first-order valence-electron chi connectivity index (χ1n) is 7.21. The average molecular weight is 472 g/mol. The van der Waals surface area contributed by atoms with Crippen LogP contribution in [0.3, 0.4) is 0 Å². The lowest BCUT2D eigenvalue weighted by Crippen LogP contribution is -2.22. The van der Waals surface area contributed by atoms with Crippen LogP contribution in [0, 0.1) is 0 Å². The SMILES string of the molecule is O=P(Cl)(Cl)N(CCSSc1ccccn1)CCSSc1ccccn1. The van der Waals surface area contributed by atoms with E-state index >= 15 is 0 Å². The molecule has 0 radical (unpaired) electrons. The second-order valence-electron chi connectivity index (χ2n) is 4.53. The van der Waals surface area contributed by atoms with Crippen molar-refractivity contribution in [3.63, 3.8) is 0 Å². The van der Waals surface area contributed by atoms with Crippen molar-refractivity contribution in [2.75, 3.05) is 24.6 Å². The maximum absolute atomic E-state index is 12.0. The molecule has 136 valence electrons. The van der Waals surface area contributed by atoms with Crippen LogP contribution < -0.4 is 0 Å². The number of hydrogen-bond acceptors (Lipinski definition) is 7. The Morgan fingerprint density at radius 1 is 0.880 bits per heavy atom. The Morgan fingerprint density at radius 2 is 1.36 bits per heavy atom. The fourth-order valence-electron chi connectivity index (χ4n) is 1.63. The first-order valence-corrected chi connectivity index (χ1v) is 15.3. The fraction of sp³-hybridized carbons (Fsp3) is 0.286. The van der Waals surface area contributed by atoms with Gasteiger partial charge in [0.25, 0.3) is 0 Å². The third-order valence-corrected chi connectivity index (χ3v) is 9.59. The molecule has 0 fully saturated rings. The molecule has 0 aromatic carbocycles. The van der Waals surface area contributed by atoms with Crippen molar-refractivity contribution in [3.8, 4) is 0 Å². The van der Waals surface area contributed by atoms with Crippen LogP contribution in [-0.4, -0.2) is 39.2 Å². The molecule has 0 spiro atoms. The molecule has 0 atom stereocenters. The van der Waals surface area contributed by atoms with Gasteiger partial charge in [0.05, 0.1) is 0 Å². The van der Waals surface area contributed by atoms with E-state index in [1.165, 1.54) is 0 Å². The van der Waals surface area contributed by atoms with Crippen LogP contribution in [0.5, 0.6) is 0 Å². The number of aromatic nitrogens is 2. The van der Waals surface area contributed by atoms with E-state index in [1.54, 1.807) is 60.2 Å². The Kier molecular flexibility index (Phi) is 10.5. The van der Waals surface area contributed by atoms with E-state index in [0.717, 1.165) is 21.6 Å². The summed E-state index contributed by atoms with van der Waals surface area (Å²) >= 11 is 11.8. The standard InChI is InChI=1S/C14H16Cl2N3OPS4/c15-21(16,20)19(9-11-22-24-13-5-1-3-7-17-13)10-12-23-25-14-6-2-4-8-18-14/h1-8H,9-12H2. The summed E-state index contributed by atoms with van der Waals surface area (Å²) in [6, 6.07) is 11.6. The van der Waals surface area contributed by atoms with Crippen molar-refractivity contribution in [2.45, 2.75) is 10.1 Å². The van der Waals surface area contributed by atoms with E-state index in [-0.39, 0.29) is 0 Å². The van der Waals surface area contributed by atoms with E-state index in [4.69, 9.17) is 22.5 Å². The number of rotatable bonds is 11. The van der Waals surface area contributed by atoms with Gasteiger partial charge in [0, 0.05) is 37.0 Å². The van der Waals surface area contributed by atoms with Gasteiger partial charge in [-0.15, -0.1) is 0 Å². The van der Waals surface area contributed by atoms with Crippen LogP contribution in [0.1, 0.15) is 0 Å². The topological polar surface area (TPSA) is 46.1 Å². The lowest BCUT2D eigenvalue weighted by atomic mass is 10.5. The Labute approximate surface area is 173 Å². The molecular formula is C14H16Cl2N3OPS4. The third kappa shape index (κ3) is 9.29. The number of pyridine rings is 2. The molecule has 2 rings (SSSR count). The lowest BCUT2D eigenvalue weighted by molar-refractivity contribution is 0.472. The molecule has 0 bridgehead atoms. The van der Waals surface area contributed by atoms with Gasteiger partial charge in [-0.1, -0.05) is 33.7 Å². The van der Waals surface area contributed by atoms with Crippen LogP contribution in [0.15, 0.2) is 58.8 Å². The molecule has 2 heterocycles. The van der Waals surface area contributed by atoms with Gasteiger partial charge in [-0.25, -0.2) is 14.6 Å². The summed E-state index contributed by atoms with van der Waals surface area (Å²) in [5, 5.41) is 1.89. The molecule has 4 nitrogen and oxygen atoms in total. The van der Waals surface area contributed by atoms with Crippen molar-refractivity contribution < 1.29 is 4.57 Å². The molecular weight excluding hydrogens is 456 g/mol. The largest absolute Gasteiger partial charge is 0.322 e. The van der Waals surface area contributed by atoms with E-state index in [1.807, 2.05) is 36.4 Å². The quantitative estimate of drug-likeness (QED) is 0.207. The summed E-state index contributed by atoms with van der Waals surface area (Å²) in [4.78, 5) is 8.49. The van der Waals surface area contributed by atoms with Gasteiger partial charge in [-0.3, -0.25) is 4.57 Å². The summed E-state index contributed by atoms with van der Waals surface area (Å²) in [6.45, 7) is 1.12. The van der Waals surface area contributed by atoms with Crippen molar-refractivity contribution in [1.82, 2.24) is 14.6 Å². The summed E-state index contributed by atoms with van der Waals surface area (Å²) < 4.78 is 13.7. The minimum absolute atomic E-state index is 0.559.